The van der Waals surface area contributed by atoms with Crippen LogP contribution in [0.2, 0.25) is 0 Å². The monoisotopic (exact) mass is 340 g/mol. The molecule has 0 radical (unpaired) electrons. The molecule has 0 saturated heterocycles. The number of esters is 1. The summed E-state index contributed by atoms with van der Waals surface area (Å²) in [6.07, 6.45) is -0.181. The Balaban J connectivity index is 2.13. The molecule has 24 heavy (non-hydrogen) atoms. The zero-order valence-corrected chi connectivity index (χ0v) is 14.7. The lowest BCUT2D eigenvalue weighted by atomic mass is 9.91. The lowest BCUT2D eigenvalue weighted by Crippen LogP contribution is -2.45. The minimum atomic E-state index is -0.337. The maximum Gasteiger partial charge on any atom is 0.338 e. The van der Waals surface area contributed by atoms with Gasteiger partial charge in [0, 0.05) is 5.70 Å². The van der Waals surface area contributed by atoms with Gasteiger partial charge in [-0.25, -0.2) is 4.79 Å². The first-order chi connectivity index (χ1) is 11.5. The van der Waals surface area contributed by atoms with Crippen molar-refractivity contribution < 1.29 is 9.53 Å². The van der Waals surface area contributed by atoms with Crippen molar-refractivity contribution in [1.29, 1.82) is 0 Å². The highest BCUT2D eigenvalue weighted by molar-refractivity contribution is 7.80. The number of nitrogens with one attached hydrogen (secondary N) is 2. The SMILES string of the molecule is CC1=C(C(=O)OC(C)C)[C@@H](c2cccc3ccccc23)NC(=S)N1. The average molecular weight is 340 g/mol. The van der Waals surface area contributed by atoms with E-state index in [1.807, 2.05) is 45.0 Å². The molecule has 5 heteroatoms. The number of hydrogen-bond donors (Lipinski definition) is 2. The van der Waals surface area contributed by atoms with Crippen LogP contribution in [0.25, 0.3) is 10.8 Å². The summed E-state index contributed by atoms with van der Waals surface area (Å²) in [5.41, 5.74) is 2.29. The quantitative estimate of drug-likeness (QED) is 0.661. The maximum atomic E-state index is 12.6. The van der Waals surface area contributed by atoms with Crippen LogP contribution in [0.1, 0.15) is 32.4 Å². The Bertz CT molecular complexity index is 837. The van der Waals surface area contributed by atoms with Gasteiger partial charge in [0.25, 0.3) is 0 Å². The third kappa shape index (κ3) is 3.12. The van der Waals surface area contributed by atoms with Gasteiger partial charge in [-0.05, 0) is 49.3 Å². The molecule has 124 valence electrons. The third-order valence-corrected chi connectivity index (χ3v) is 4.19. The normalized spacial score (nSPS) is 17.7. The highest BCUT2D eigenvalue weighted by atomic mass is 32.1. The maximum absolute atomic E-state index is 12.6. The highest BCUT2D eigenvalue weighted by Crippen LogP contribution is 2.32. The summed E-state index contributed by atoms with van der Waals surface area (Å²) in [7, 11) is 0. The second kappa shape index (κ2) is 6.61. The van der Waals surface area contributed by atoms with Crippen molar-refractivity contribution in [2.75, 3.05) is 0 Å². The molecule has 0 bridgehead atoms. The number of carbonyl (C=O) groups excluding carboxylic acids is 1. The molecule has 0 spiro atoms. The lowest BCUT2D eigenvalue weighted by molar-refractivity contribution is -0.143. The minimum absolute atomic E-state index is 0.181. The van der Waals surface area contributed by atoms with Crippen LogP contribution >= 0.6 is 12.2 Å². The van der Waals surface area contributed by atoms with Crippen molar-refractivity contribution in [3.05, 3.63) is 59.3 Å². The molecule has 0 aromatic heterocycles. The van der Waals surface area contributed by atoms with Crippen molar-refractivity contribution >= 4 is 34.1 Å². The fraction of sp³-hybridized carbons (Fsp3) is 0.263. The third-order valence-electron chi connectivity index (χ3n) is 3.97. The van der Waals surface area contributed by atoms with E-state index in [0.717, 1.165) is 22.0 Å². The summed E-state index contributed by atoms with van der Waals surface area (Å²) < 4.78 is 5.44. The summed E-state index contributed by atoms with van der Waals surface area (Å²) in [6, 6.07) is 13.8. The van der Waals surface area contributed by atoms with Gasteiger partial charge in [-0.3, -0.25) is 0 Å². The second-order valence-corrected chi connectivity index (χ2v) is 6.50. The summed E-state index contributed by atoms with van der Waals surface area (Å²) >= 11 is 5.30. The predicted molar refractivity (Wildman–Crippen MR) is 99.5 cm³/mol. The molecule has 0 saturated carbocycles. The smallest absolute Gasteiger partial charge is 0.338 e. The number of carbonyl (C=O) groups is 1. The van der Waals surface area contributed by atoms with Gasteiger partial charge in [0.1, 0.15) is 0 Å². The molecule has 0 aliphatic carbocycles. The largest absolute Gasteiger partial charge is 0.459 e. The molecule has 3 rings (SSSR count). The van der Waals surface area contributed by atoms with E-state index < -0.39 is 0 Å². The minimum Gasteiger partial charge on any atom is -0.459 e. The molecule has 1 atom stereocenters. The van der Waals surface area contributed by atoms with E-state index in [2.05, 4.69) is 28.8 Å². The first-order valence-electron chi connectivity index (χ1n) is 7.94. The first kappa shape index (κ1) is 16.5. The Labute approximate surface area is 146 Å². The Morgan fingerprint density at radius 2 is 1.88 bits per heavy atom. The van der Waals surface area contributed by atoms with Crippen LogP contribution in [0, 0.1) is 0 Å². The molecule has 1 heterocycles. The van der Waals surface area contributed by atoms with Crippen molar-refractivity contribution in [2.24, 2.45) is 0 Å². The van der Waals surface area contributed by atoms with Gasteiger partial charge in [0.2, 0.25) is 0 Å². The number of ether oxygens (including phenoxy) is 1. The summed E-state index contributed by atoms with van der Waals surface area (Å²) in [4.78, 5) is 12.6. The number of allylic oxidation sites excluding steroid dienone is 1. The van der Waals surface area contributed by atoms with Crippen LogP contribution in [0.15, 0.2) is 53.7 Å². The van der Waals surface area contributed by atoms with Gasteiger partial charge < -0.3 is 15.4 Å². The first-order valence-corrected chi connectivity index (χ1v) is 8.35. The number of thiocarbonyl (C=S) groups is 1. The molecular formula is C19H20N2O2S. The van der Waals surface area contributed by atoms with E-state index in [1.165, 1.54) is 0 Å². The van der Waals surface area contributed by atoms with E-state index in [4.69, 9.17) is 17.0 Å². The summed E-state index contributed by atoms with van der Waals surface area (Å²) in [5.74, 6) is -0.331. The number of benzene rings is 2. The molecule has 0 unspecified atom stereocenters. The van der Waals surface area contributed by atoms with Crippen molar-refractivity contribution in [2.45, 2.75) is 32.9 Å². The lowest BCUT2D eigenvalue weighted by Gasteiger charge is -2.31. The van der Waals surface area contributed by atoms with Crippen molar-refractivity contribution in [3.8, 4) is 0 Å². The van der Waals surface area contributed by atoms with Crippen molar-refractivity contribution in [1.82, 2.24) is 10.6 Å². The molecule has 2 aromatic rings. The van der Waals surface area contributed by atoms with Crippen LogP contribution in [-0.4, -0.2) is 17.2 Å². The highest BCUT2D eigenvalue weighted by Gasteiger charge is 2.32. The van der Waals surface area contributed by atoms with Gasteiger partial charge in [0.15, 0.2) is 5.11 Å². The van der Waals surface area contributed by atoms with E-state index in [-0.39, 0.29) is 18.1 Å². The fourth-order valence-corrected chi connectivity index (χ4v) is 3.25. The van der Waals surface area contributed by atoms with Gasteiger partial charge in [0.05, 0.1) is 17.7 Å². The van der Waals surface area contributed by atoms with Crippen LogP contribution in [-0.2, 0) is 9.53 Å². The van der Waals surface area contributed by atoms with Crippen LogP contribution in [0.4, 0.5) is 0 Å². The molecule has 0 amide bonds. The Morgan fingerprint density at radius 1 is 1.17 bits per heavy atom. The summed E-state index contributed by atoms with van der Waals surface area (Å²) in [6.45, 7) is 5.53. The van der Waals surface area contributed by atoms with E-state index in [9.17, 15) is 4.79 Å². The molecule has 2 N–H and O–H groups in total. The van der Waals surface area contributed by atoms with Gasteiger partial charge >= 0.3 is 5.97 Å². The zero-order chi connectivity index (χ0) is 17.3. The predicted octanol–water partition coefficient (Wildman–Crippen LogP) is 3.58. The van der Waals surface area contributed by atoms with Crippen LogP contribution in [0.5, 0.6) is 0 Å². The van der Waals surface area contributed by atoms with E-state index >= 15 is 0 Å². The van der Waals surface area contributed by atoms with Gasteiger partial charge in [-0.15, -0.1) is 0 Å². The number of rotatable bonds is 3. The Morgan fingerprint density at radius 3 is 2.62 bits per heavy atom. The van der Waals surface area contributed by atoms with E-state index in [1.54, 1.807) is 0 Å². The fourth-order valence-electron chi connectivity index (χ4n) is 2.98. The molecule has 2 aromatic carbocycles. The molecule has 4 nitrogen and oxygen atoms in total. The second-order valence-electron chi connectivity index (χ2n) is 6.09. The molecule has 0 fully saturated rings. The number of hydrogen-bond acceptors (Lipinski definition) is 3. The standard InChI is InChI=1S/C19H20N2O2S/c1-11(2)23-18(22)16-12(3)20-19(24)21-17(16)15-10-6-8-13-7-4-5-9-14(13)15/h4-11,17H,1-3H3,(H2,20,21,24)/t17-/m1/s1. The Hall–Kier alpha value is -2.40. The van der Waals surface area contributed by atoms with Gasteiger partial charge in [-0.2, -0.15) is 0 Å². The zero-order valence-electron chi connectivity index (χ0n) is 13.9. The van der Waals surface area contributed by atoms with Crippen molar-refractivity contribution in [3.63, 3.8) is 0 Å². The van der Waals surface area contributed by atoms with Gasteiger partial charge in [-0.1, -0.05) is 42.5 Å². The molecule has 1 aliphatic heterocycles. The topological polar surface area (TPSA) is 50.4 Å². The number of fused-ring (bicyclic) bond motifs is 1. The van der Waals surface area contributed by atoms with E-state index in [0.29, 0.717) is 10.7 Å². The summed E-state index contributed by atoms with van der Waals surface area (Å²) in [5, 5.41) is 8.97. The Kier molecular flexibility index (Phi) is 4.53. The van der Waals surface area contributed by atoms with Crippen LogP contribution in [0.3, 0.4) is 0 Å². The molecular weight excluding hydrogens is 320 g/mol. The van der Waals surface area contributed by atoms with Crippen LogP contribution < -0.4 is 10.6 Å². The average Bonchev–Trinajstić information content (AvgIpc) is 2.52. The molecule has 1 aliphatic rings.